The molecule has 0 saturated carbocycles. The van der Waals surface area contributed by atoms with Gasteiger partial charge in [0.1, 0.15) is 5.75 Å². The molecule has 0 atom stereocenters. The third kappa shape index (κ3) is 4.65. The summed E-state index contributed by atoms with van der Waals surface area (Å²) in [5.41, 5.74) is 2.35. The summed E-state index contributed by atoms with van der Waals surface area (Å²) in [6.45, 7) is 4.73. The zero-order valence-electron chi connectivity index (χ0n) is 14.6. The number of methoxy groups -OCH3 is 3. The number of halogens is 1. The van der Waals surface area contributed by atoms with Crippen molar-refractivity contribution in [3.8, 4) is 17.2 Å². The number of benzene rings is 2. The van der Waals surface area contributed by atoms with E-state index in [9.17, 15) is 0 Å². The molecule has 0 unspecified atom stereocenters. The summed E-state index contributed by atoms with van der Waals surface area (Å²) in [6.07, 6.45) is 0. The quantitative estimate of drug-likeness (QED) is 0.660. The van der Waals surface area contributed by atoms with Crippen molar-refractivity contribution in [2.24, 2.45) is 0 Å². The first kappa shape index (κ1) is 18.6. The molecule has 0 radical (unpaired) electrons. The lowest BCUT2D eigenvalue weighted by Crippen LogP contribution is -2.22. The van der Waals surface area contributed by atoms with Crippen molar-refractivity contribution in [2.75, 3.05) is 27.9 Å². The van der Waals surface area contributed by atoms with Gasteiger partial charge in [-0.2, -0.15) is 0 Å². The molecule has 0 heterocycles. The molecule has 4 nitrogen and oxygen atoms in total. The van der Waals surface area contributed by atoms with Gasteiger partial charge < -0.3 is 14.2 Å². The zero-order valence-corrected chi connectivity index (χ0v) is 16.2. The lowest BCUT2D eigenvalue weighted by Gasteiger charge is -2.22. The summed E-state index contributed by atoms with van der Waals surface area (Å²) < 4.78 is 17.2. The molecular formula is C19H24BrNO3. The molecule has 2 aromatic rings. The van der Waals surface area contributed by atoms with E-state index < -0.39 is 0 Å². The maximum absolute atomic E-state index is 5.48. The van der Waals surface area contributed by atoms with Crippen LogP contribution in [0.4, 0.5) is 0 Å². The zero-order chi connectivity index (χ0) is 17.5. The van der Waals surface area contributed by atoms with Crippen molar-refractivity contribution >= 4 is 15.9 Å². The lowest BCUT2D eigenvalue weighted by atomic mass is 10.1. The number of nitrogens with zero attached hydrogens (tertiary/aromatic N) is 1. The van der Waals surface area contributed by atoms with Crippen LogP contribution in [0.15, 0.2) is 40.9 Å². The molecule has 2 aromatic carbocycles. The van der Waals surface area contributed by atoms with Gasteiger partial charge >= 0.3 is 0 Å². The maximum atomic E-state index is 5.48. The minimum Gasteiger partial charge on any atom is -0.496 e. The van der Waals surface area contributed by atoms with E-state index in [4.69, 9.17) is 14.2 Å². The Morgan fingerprint density at radius 3 is 2.12 bits per heavy atom. The van der Waals surface area contributed by atoms with Crippen LogP contribution < -0.4 is 14.2 Å². The number of rotatable bonds is 8. The second kappa shape index (κ2) is 8.94. The highest BCUT2D eigenvalue weighted by atomic mass is 79.9. The van der Waals surface area contributed by atoms with E-state index in [1.54, 1.807) is 21.3 Å². The Kier molecular flexibility index (Phi) is 6.94. The third-order valence-electron chi connectivity index (χ3n) is 3.94. The SMILES string of the molecule is CCN(Cc1ccc(OC)c(OC)c1)Cc1cc(Br)ccc1OC. The summed E-state index contributed by atoms with van der Waals surface area (Å²) in [5.74, 6) is 2.41. The first-order valence-electron chi connectivity index (χ1n) is 7.87. The highest BCUT2D eigenvalue weighted by Crippen LogP contribution is 2.29. The van der Waals surface area contributed by atoms with Gasteiger partial charge in [0.25, 0.3) is 0 Å². The molecule has 0 spiro atoms. The van der Waals surface area contributed by atoms with Gasteiger partial charge in [-0.25, -0.2) is 0 Å². The van der Waals surface area contributed by atoms with Gasteiger partial charge in [0, 0.05) is 23.1 Å². The summed E-state index contributed by atoms with van der Waals surface area (Å²) >= 11 is 3.53. The van der Waals surface area contributed by atoms with Crippen molar-refractivity contribution in [3.05, 3.63) is 52.0 Å². The molecular weight excluding hydrogens is 370 g/mol. The van der Waals surface area contributed by atoms with Crippen LogP contribution >= 0.6 is 15.9 Å². The molecule has 0 fully saturated rings. The van der Waals surface area contributed by atoms with E-state index in [-0.39, 0.29) is 0 Å². The van der Waals surface area contributed by atoms with Gasteiger partial charge in [0.05, 0.1) is 21.3 Å². The molecule has 0 amide bonds. The first-order valence-corrected chi connectivity index (χ1v) is 8.66. The van der Waals surface area contributed by atoms with Crippen LogP contribution in [0.1, 0.15) is 18.1 Å². The Morgan fingerprint density at radius 2 is 1.50 bits per heavy atom. The van der Waals surface area contributed by atoms with Crippen LogP contribution in [0.25, 0.3) is 0 Å². The summed E-state index contributed by atoms with van der Waals surface area (Å²) in [5, 5.41) is 0. The molecule has 0 aliphatic rings. The fourth-order valence-electron chi connectivity index (χ4n) is 2.63. The third-order valence-corrected chi connectivity index (χ3v) is 4.43. The van der Waals surface area contributed by atoms with Crippen LogP contribution in [-0.4, -0.2) is 32.8 Å². The molecule has 0 saturated heterocycles. The average Bonchev–Trinajstić information content (AvgIpc) is 2.61. The minimum absolute atomic E-state index is 0.748. The van der Waals surface area contributed by atoms with Gasteiger partial charge in [-0.05, 0) is 42.4 Å². The van der Waals surface area contributed by atoms with E-state index in [1.807, 2.05) is 24.3 Å². The average molecular weight is 394 g/mol. The predicted molar refractivity (Wildman–Crippen MR) is 100 cm³/mol. The van der Waals surface area contributed by atoms with E-state index in [2.05, 4.69) is 39.9 Å². The number of ether oxygens (including phenoxy) is 3. The summed E-state index contributed by atoms with van der Waals surface area (Å²) in [4.78, 5) is 2.35. The smallest absolute Gasteiger partial charge is 0.161 e. The highest BCUT2D eigenvalue weighted by molar-refractivity contribution is 9.10. The standard InChI is InChI=1S/C19H24BrNO3/c1-5-21(13-15-11-16(20)7-9-17(15)22-2)12-14-6-8-18(23-3)19(10-14)24-4/h6-11H,5,12-13H2,1-4H3. The monoisotopic (exact) mass is 393 g/mol. The van der Waals surface area contributed by atoms with Gasteiger partial charge in [0.15, 0.2) is 11.5 Å². The van der Waals surface area contributed by atoms with Crippen LogP contribution in [-0.2, 0) is 13.1 Å². The molecule has 130 valence electrons. The number of hydrogen-bond donors (Lipinski definition) is 0. The Bertz CT molecular complexity index is 676. The van der Waals surface area contributed by atoms with E-state index in [1.165, 1.54) is 5.56 Å². The predicted octanol–water partition coefficient (Wildman–Crippen LogP) is 4.50. The van der Waals surface area contributed by atoms with Crippen LogP contribution in [0.2, 0.25) is 0 Å². The van der Waals surface area contributed by atoms with Crippen molar-refractivity contribution in [1.82, 2.24) is 4.90 Å². The van der Waals surface area contributed by atoms with E-state index >= 15 is 0 Å². The molecule has 0 bridgehead atoms. The molecule has 2 rings (SSSR count). The molecule has 0 N–H and O–H groups in total. The number of hydrogen-bond acceptors (Lipinski definition) is 4. The molecule has 0 aliphatic carbocycles. The second-order valence-electron chi connectivity index (χ2n) is 5.45. The Hall–Kier alpha value is -1.72. The van der Waals surface area contributed by atoms with Gasteiger partial charge in [-0.15, -0.1) is 0 Å². The molecule has 0 aliphatic heterocycles. The fourth-order valence-corrected chi connectivity index (χ4v) is 3.04. The Labute approximate surface area is 152 Å². The van der Waals surface area contributed by atoms with Crippen LogP contribution in [0, 0.1) is 0 Å². The van der Waals surface area contributed by atoms with Crippen molar-refractivity contribution in [1.29, 1.82) is 0 Å². The molecule has 5 heteroatoms. The van der Waals surface area contributed by atoms with Crippen molar-refractivity contribution in [3.63, 3.8) is 0 Å². The molecule has 24 heavy (non-hydrogen) atoms. The van der Waals surface area contributed by atoms with Crippen LogP contribution in [0.5, 0.6) is 17.2 Å². The summed E-state index contributed by atoms with van der Waals surface area (Å²) in [6, 6.07) is 12.1. The summed E-state index contributed by atoms with van der Waals surface area (Å²) in [7, 11) is 5.01. The maximum Gasteiger partial charge on any atom is 0.161 e. The van der Waals surface area contributed by atoms with Gasteiger partial charge in [-0.3, -0.25) is 4.90 Å². The molecule has 0 aromatic heterocycles. The normalized spacial score (nSPS) is 10.8. The largest absolute Gasteiger partial charge is 0.496 e. The van der Waals surface area contributed by atoms with Crippen molar-refractivity contribution in [2.45, 2.75) is 20.0 Å². The topological polar surface area (TPSA) is 30.9 Å². The Balaban J connectivity index is 2.17. The second-order valence-corrected chi connectivity index (χ2v) is 6.36. The van der Waals surface area contributed by atoms with Crippen molar-refractivity contribution < 1.29 is 14.2 Å². The Morgan fingerprint density at radius 1 is 0.833 bits per heavy atom. The minimum atomic E-state index is 0.748. The van der Waals surface area contributed by atoms with E-state index in [0.717, 1.165) is 46.9 Å². The fraction of sp³-hybridized carbons (Fsp3) is 0.368. The van der Waals surface area contributed by atoms with Gasteiger partial charge in [0.2, 0.25) is 0 Å². The highest BCUT2D eigenvalue weighted by Gasteiger charge is 2.12. The van der Waals surface area contributed by atoms with Gasteiger partial charge in [-0.1, -0.05) is 28.9 Å². The van der Waals surface area contributed by atoms with Crippen LogP contribution in [0.3, 0.4) is 0 Å². The van der Waals surface area contributed by atoms with E-state index in [0.29, 0.717) is 0 Å². The first-order chi connectivity index (χ1) is 11.6. The lowest BCUT2D eigenvalue weighted by molar-refractivity contribution is 0.265.